The number of nitrogens with zero attached hydrogens (tertiary/aromatic N) is 1. The third-order valence-electron chi connectivity index (χ3n) is 1.88. The van der Waals surface area contributed by atoms with Crippen LogP contribution in [0.15, 0.2) is 22.6 Å². The largest absolute Gasteiger partial charge is 0.478 e. The highest BCUT2D eigenvalue weighted by Crippen LogP contribution is 2.22. The van der Waals surface area contributed by atoms with E-state index in [0.717, 1.165) is 12.1 Å². The Morgan fingerprint density at radius 2 is 2.31 bits per heavy atom. The van der Waals surface area contributed by atoms with Crippen LogP contribution in [0, 0.1) is 10.7 Å². The molecule has 2 rings (SSSR count). The molecule has 0 aliphatic heterocycles. The Kier molecular flexibility index (Phi) is 2.53. The zero-order valence-electron chi connectivity index (χ0n) is 7.73. The van der Waals surface area contributed by atoms with E-state index in [1.165, 1.54) is 6.07 Å². The maximum absolute atomic E-state index is 12.9. The van der Waals surface area contributed by atoms with Crippen molar-refractivity contribution in [2.75, 3.05) is 0 Å². The lowest BCUT2D eigenvalue weighted by atomic mass is 10.1. The number of halogens is 1. The van der Waals surface area contributed by atoms with Gasteiger partial charge in [-0.1, -0.05) is 0 Å². The molecule has 1 aromatic heterocycles. The van der Waals surface area contributed by atoms with Crippen LogP contribution in [0.4, 0.5) is 4.39 Å². The zero-order chi connectivity index (χ0) is 11.7. The molecule has 82 valence electrons. The van der Waals surface area contributed by atoms with E-state index in [9.17, 15) is 9.18 Å². The summed E-state index contributed by atoms with van der Waals surface area (Å²) in [5, 5.41) is 14.9. The number of aromatic carboxylic acids is 1. The molecule has 0 spiro atoms. The van der Waals surface area contributed by atoms with Crippen LogP contribution in [0.2, 0.25) is 0 Å². The van der Waals surface area contributed by atoms with E-state index in [0.29, 0.717) is 0 Å². The quantitative estimate of drug-likeness (QED) is 0.787. The molecule has 0 aliphatic carbocycles. The molecule has 0 amide bonds. The first-order valence-corrected chi connectivity index (χ1v) is 4.57. The molecule has 2 N–H and O–H groups in total. The Balaban J connectivity index is 2.64. The van der Waals surface area contributed by atoms with Gasteiger partial charge in [0.2, 0.25) is 5.89 Å². The van der Waals surface area contributed by atoms with Gasteiger partial charge in [0.05, 0.1) is 11.1 Å². The van der Waals surface area contributed by atoms with Gasteiger partial charge in [-0.25, -0.2) is 14.3 Å². The normalized spacial score (nSPS) is 10.3. The number of carboxylic acid groups (broad SMARTS) is 1. The van der Waals surface area contributed by atoms with Crippen LogP contribution in [-0.2, 0) is 0 Å². The summed E-state index contributed by atoms with van der Waals surface area (Å²) in [6.45, 7) is 0. The lowest BCUT2D eigenvalue weighted by Gasteiger charge is -2.00. The predicted octanol–water partition coefficient (Wildman–Crippen LogP) is 2.24. The second kappa shape index (κ2) is 3.86. The number of carboxylic acids is 1. The van der Waals surface area contributed by atoms with Crippen LogP contribution in [0.1, 0.15) is 10.4 Å². The van der Waals surface area contributed by atoms with Crippen LogP contribution in [0.25, 0.3) is 11.5 Å². The summed E-state index contributed by atoms with van der Waals surface area (Å²) in [5.41, 5.74) is -0.0634. The number of benzene rings is 1. The molecule has 5 nitrogen and oxygen atoms in total. The SMILES string of the molecule is O=C(O)c1cc(F)ccc1-c1n[nH]c(=S)o1. The van der Waals surface area contributed by atoms with E-state index in [-0.39, 0.29) is 21.9 Å². The van der Waals surface area contributed by atoms with E-state index in [1.807, 2.05) is 0 Å². The summed E-state index contributed by atoms with van der Waals surface area (Å²) >= 11 is 4.66. The highest BCUT2D eigenvalue weighted by Gasteiger charge is 2.16. The summed E-state index contributed by atoms with van der Waals surface area (Å²) in [6.07, 6.45) is 0. The van der Waals surface area contributed by atoms with Crippen LogP contribution < -0.4 is 0 Å². The van der Waals surface area contributed by atoms with Gasteiger partial charge in [0.25, 0.3) is 4.84 Å². The molecular formula is C9H5FN2O3S. The minimum absolute atomic E-state index is 0.0161. The van der Waals surface area contributed by atoms with E-state index < -0.39 is 11.8 Å². The van der Waals surface area contributed by atoms with Gasteiger partial charge in [-0.15, -0.1) is 5.10 Å². The summed E-state index contributed by atoms with van der Waals surface area (Å²) in [7, 11) is 0. The molecule has 0 unspecified atom stereocenters. The van der Waals surface area contributed by atoms with Crippen molar-refractivity contribution in [3.63, 3.8) is 0 Å². The number of nitrogens with one attached hydrogen (secondary N) is 1. The lowest BCUT2D eigenvalue weighted by molar-refractivity contribution is 0.0697. The summed E-state index contributed by atoms with van der Waals surface area (Å²) in [4.78, 5) is 10.9. The Bertz CT molecular complexity index is 605. The first kappa shape index (κ1) is 10.5. The minimum Gasteiger partial charge on any atom is -0.478 e. The van der Waals surface area contributed by atoms with Gasteiger partial charge in [0.15, 0.2) is 0 Å². The number of H-pyrrole nitrogens is 1. The average Bonchev–Trinajstić information content (AvgIpc) is 2.64. The van der Waals surface area contributed by atoms with Crippen molar-refractivity contribution in [2.45, 2.75) is 0 Å². The van der Waals surface area contributed by atoms with Crippen LogP contribution in [-0.4, -0.2) is 21.3 Å². The van der Waals surface area contributed by atoms with E-state index >= 15 is 0 Å². The Labute approximate surface area is 93.5 Å². The summed E-state index contributed by atoms with van der Waals surface area (Å²) in [6, 6.07) is 3.28. The smallest absolute Gasteiger partial charge is 0.336 e. The number of carbonyl (C=O) groups is 1. The fraction of sp³-hybridized carbons (Fsp3) is 0. The molecule has 2 aromatic rings. The van der Waals surface area contributed by atoms with Crippen molar-refractivity contribution < 1.29 is 18.7 Å². The van der Waals surface area contributed by atoms with Crippen molar-refractivity contribution >= 4 is 18.2 Å². The first-order valence-electron chi connectivity index (χ1n) is 4.16. The molecule has 0 aliphatic rings. The van der Waals surface area contributed by atoms with Crippen LogP contribution in [0.5, 0.6) is 0 Å². The molecule has 1 heterocycles. The predicted molar refractivity (Wildman–Crippen MR) is 54.0 cm³/mol. The standard InChI is InChI=1S/C9H5FN2O3S/c10-4-1-2-5(6(3-4)8(13)14)7-11-12-9(16)15-7/h1-3H,(H,12,16)(H,13,14). The maximum Gasteiger partial charge on any atom is 0.336 e. The molecule has 16 heavy (non-hydrogen) atoms. The van der Waals surface area contributed by atoms with Crippen LogP contribution >= 0.6 is 12.2 Å². The molecular weight excluding hydrogens is 235 g/mol. The molecule has 0 fully saturated rings. The number of hydrogen-bond donors (Lipinski definition) is 2. The Morgan fingerprint density at radius 3 is 2.88 bits per heavy atom. The highest BCUT2D eigenvalue weighted by atomic mass is 32.1. The van der Waals surface area contributed by atoms with Crippen molar-refractivity contribution in [3.8, 4) is 11.5 Å². The summed E-state index contributed by atoms with van der Waals surface area (Å²) in [5.74, 6) is -1.89. The van der Waals surface area contributed by atoms with Gasteiger partial charge >= 0.3 is 5.97 Å². The maximum atomic E-state index is 12.9. The molecule has 0 saturated heterocycles. The second-order valence-corrected chi connectivity index (χ2v) is 3.28. The average molecular weight is 240 g/mol. The molecule has 0 atom stereocenters. The summed E-state index contributed by atoms with van der Waals surface area (Å²) < 4.78 is 17.8. The van der Waals surface area contributed by atoms with E-state index in [1.54, 1.807) is 0 Å². The van der Waals surface area contributed by atoms with Gasteiger partial charge in [-0.05, 0) is 30.4 Å². The van der Waals surface area contributed by atoms with Gasteiger partial charge in [0.1, 0.15) is 5.82 Å². The molecule has 1 aromatic carbocycles. The monoisotopic (exact) mass is 240 g/mol. The number of rotatable bonds is 2. The van der Waals surface area contributed by atoms with Crippen molar-refractivity contribution in [2.24, 2.45) is 0 Å². The van der Waals surface area contributed by atoms with Gasteiger partial charge < -0.3 is 9.52 Å². The van der Waals surface area contributed by atoms with Crippen molar-refractivity contribution in [3.05, 3.63) is 34.4 Å². The molecule has 0 saturated carbocycles. The van der Waals surface area contributed by atoms with Crippen molar-refractivity contribution in [1.82, 2.24) is 10.2 Å². The van der Waals surface area contributed by atoms with E-state index in [2.05, 4.69) is 22.4 Å². The van der Waals surface area contributed by atoms with Gasteiger partial charge in [-0.3, -0.25) is 0 Å². The lowest BCUT2D eigenvalue weighted by Crippen LogP contribution is -2.00. The molecule has 7 heteroatoms. The zero-order valence-corrected chi connectivity index (χ0v) is 8.55. The fourth-order valence-electron chi connectivity index (χ4n) is 1.22. The topological polar surface area (TPSA) is 79.1 Å². The number of aromatic nitrogens is 2. The minimum atomic E-state index is -1.27. The van der Waals surface area contributed by atoms with Crippen molar-refractivity contribution in [1.29, 1.82) is 0 Å². The molecule has 0 bridgehead atoms. The molecule has 0 radical (unpaired) electrons. The van der Waals surface area contributed by atoms with Gasteiger partial charge in [-0.2, -0.15) is 0 Å². The number of aromatic amines is 1. The van der Waals surface area contributed by atoms with Crippen LogP contribution in [0.3, 0.4) is 0 Å². The third kappa shape index (κ3) is 1.84. The fourth-order valence-corrected chi connectivity index (χ4v) is 1.35. The first-order chi connectivity index (χ1) is 7.58. The highest BCUT2D eigenvalue weighted by molar-refractivity contribution is 7.71. The Morgan fingerprint density at radius 1 is 1.56 bits per heavy atom. The second-order valence-electron chi connectivity index (χ2n) is 2.91. The van der Waals surface area contributed by atoms with Gasteiger partial charge in [0, 0.05) is 0 Å². The number of hydrogen-bond acceptors (Lipinski definition) is 4. The third-order valence-corrected chi connectivity index (χ3v) is 2.06. The Hall–Kier alpha value is -2.02. The van der Waals surface area contributed by atoms with E-state index in [4.69, 9.17) is 9.52 Å².